The minimum Gasteiger partial charge on any atom is -0.260 e. The summed E-state index contributed by atoms with van der Waals surface area (Å²) in [5.74, 6) is 0.504. The van der Waals surface area contributed by atoms with Crippen molar-refractivity contribution in [1.29, 1.82) is 0 Å². The summed E-state index contributed by atoms with van der Waals surface area (Å²) in [7, 11) is 0. The zero-order valence-corrected chi connectivity index (χ0v) is 9.54. The summed E-state index contributed by atoms with van der Waals surface area (Å²) >= 11 is 0. The van der Waals surface area contributed by atoms with Crippen molar-refractivity contribution in [1.82, 2.24) is 4.98 Å². The Bertz CT molecular complexity index is 402. The molecule has 14 heavy (non-hydrogen) atoms. The molecule has 0 fully saturated rings. The monoisotopic (exact) mass is 189 g/mol. The van der Waals surface area contributed by atoms with Crippen molar-refractivity contribution in [2.24, 2.45) is 0 Å². The molecule has 76 valence electrons. The number of hydrogen-bond acceptors (Lipinski definition) is 1. The van der Waals surface area contributed by atoms with Gasteiger partial charge in [-0.25, -0.2) is 0 Å². The van der Waals surface area contributed by atoms with Crippen LogP contribution in [0.3, 0.4) is 0 Å². The van der Waals surface area contributed by atoms with Crippen LogP contribution in [0.2, 0.25) is 0 Å². The second-order valence-electron chi connectivity index (χ2n) is 3.79. The van der Waals surface area contributed by atoms with Crippen LogP contribution in [0.4, 0.5) is 0 Å². The van der Waals surface area contributed by atoms with E-state index in [1.807, 2.05) is 6.20 Å². The predicted molar refractivity (Wildman–Crippen MR) is 62.5 cm³/mol. The zero-order valence-electron chi connectivity index (χ0n) is 9.54. The molecule has 0 aromatic carbocycles. The Morgan fingerprint density at radius 3 is 2.57 bits per heavy atom. The SMILES string of the molecule is C/C=c1/cc(C(C)C)nc/c1=C/CC. The van der Waals surface area contributed by atoms with Crippen LogP contribution in [0.5, 0.6) is 0 Å². The highest BCUT2D eigenvalue weighted by molar-refractivity contribution is 5.30. The molecule has 0 aliphatic rings. The summed E-state index contributed by atoms with van der Waals surface area (Å²) < 4.78 is 0. The molecule has 0 N–H and O–H groups in total. The summed E-state index contributed by atoms with van der Waals surface area (Å²) in [6.07, 6.45) is 7.40. The standard InChI is InChI=1S/C13H19N/c1-5-7-12-9-14-13(10(3)4)8-11(12)6-2/h6-10H,5H2,1-4H3/b11-6-,12-7-. The molecule has 1 aromatic rings. The third-order valence-corrected chi connectivity index (χ3v) is 2.32. The van der Waals surface area contributed by atoms with Gasteiger partial charge in [-0.1, -0.05) is 32.9 Å². The van der Waals surface area contributed by atoms with E-state index < -0.39 is 0 Å². The van der Waals surface area contributed by atoms with Crippen LogP contribution < -0.4 is 10.4 Å². The van der Waals surface area contributed by atoms with Crippen LogP contribution in [-0.2, 0) is 0 Å². The van der Waals surface area contributed by atoms with Gasteiger partial charge in [0.05, 0.1) is 0 Å². The molecule has 0 spiro atoms. The first-order valence-corrected chi connectivity index (χ1v) is 5.31. The fourth-order valence-corrected chi connectivity index (χ4v) is 1.45. The van der Waals surface area contributed by atoms with Gasteiger partial charge >= 0.3 is 0 Å². The molecule has 0 saturated carbocycles. The molecule has 0 saturated heterocycles. The minimum atomic E-state index is 0.504. The third kappa shape index (κ3) is 2.44. The van der Waals surface area contributed by atoms with Gasteiger partial charge in [0.2, 0.25) is 0 Å². The van der Waals surface area contributed by atoms with Gasteiger partial charge in [0.15, 0.2) is 0 Å². The van der Waals surface area contributed by atoms with E-state index in [-0.39, 0.29) is 0 Å². The van der Waals surface area contributed by atoms with Crippen LogP contribution in [-0.4, -0.2) is 4.98 Å². The van der Waals surface area contributed by atoms with Crippen molar-refractivity contribution in [2.45, 2.75) is 40.0 Å². The molecule has 0 unspecified atom stereocenters. The molecule has 1 heteroatoms. The van der Waals surface area contributed by atoms with Gasteiger partial charge in [-0.3, -0.25) is 4.98 Å². The molecule has 0 bridgehead atoms. The summed E-state index contributed by atoms with van der Waals surface area (Å²) in [4.78, 5) is 4.45. The maximum Gasteiger partial charge on any atom is 0.0435 e. The van der Waals surface area contributed by atoms with E-state index in [1.54, 1.807) is 0 Å². The average molecular weight is 189 g/mol. The molecular weight excluding hydrogens is 170 g/mol. The van der Waals surface area contributed by atoms with Gasteiger partial charge in [0, 0.05) is 11.9 Å². The number of rotatable bonds is 2. The Kier molecular flexibility index (Phi) is 3.87. The minimum absolute atomic E-state index is 0.504. The Morgan fingerprint density at radius 2 is 2.07 bits per heavy atom. The first kappa shape index (κ1) is 11.0. The number of hydrogen-bond donors (Lipinski definition) is 0. The maximum atomic E-state index is 4.45. The highest BCUT2D eigenvalue weighted by atomic mass is 14.7. The van der Waals surface area contributed by atoms with Crippen LogP contribution in [0.25, 0.3) is 12.2 Å². The van der Waals surface area contributed by atoms with Crippen LogP contribution in [0.15, 0.2) is 12.3 Å². The van der Waals surface area contributed by atoms with Crippen molar-refractivity contribution in [2.75, 3.05) is 0 Å². The third-order valence-electron chi connectivity index (χ3n) is 2.32. The normalized spacial score (nSPS) is 14.1. The van der Waals surface area contributed by atoms with E-state index in [2.05, 4.69) is 50.9 Å². The van der Waals surface area contributed by atoms with Crippen molar-refractivity contribution >= 4 is 12.2 Å². The van der Waals surface area contributed by atoms with E-state index >= 15 is 0 Å². The quantitative estimate of drug-likeness (QED) is 0.695. The average Bonchev–Trinajstić information content (AvgIpc) is 2.18. The molecule has 0 aliphatic carbocycles. The zero-order chi connectivity index (χ0) is 10.6. The number of nitrogens with zero attached hydrogens (tertiary/aromatic N) is 1. The van der Waals surface area contributed by atoms with Crippen molar-refractivity contribution in [3.05, 3.63) is 28.4 Å². The summed E-state index contributed by atoms with van der Waals surface area (Å²) in [5, 5.41) is 2.55. The van der Waals surface area contributed by atoms with Crippen LogP contribution >= 0.6 is 0 Å². The molecule has 1 aromatic heterocycles. The highest BCUT2D eigenvalue weighted by Gasteiger charge is 1.98. The topological polar surface area (TPSA) is 12.9 Å². The Balaban J connectivity index is 3.34. The second-order valence-corrected chi connectivity index (χ2v) is 3.79. The van der Waals surface area contributed by atoms with E-state index in [9.17, 15) is 0 Å². The first-order chi connectivity index (χ1) is 6.69. The molecule has 1 rings (SSSR count). The fraction of sp³-hybridized carbons (Fsp3) is 0.462. The molecular formula is C13H19N. The van der Waals surface area contributed by atoms with Crippen molar-refractivity contribution in [3.8, 4) is 0 Å². The van der Waals surface area contributed by atoms with E-state index in [0.717, 1.165) is 6.42 Å². The lowest BCUT2D eigenvalue weighted by Crippen LogP contribution is -2.26. The van der Waals surface area contributed by atoms with E-state index in [0.29, 0.717) is 5.92 Å². The lowest BCUT2D eigenvalue weighted by Gasteiger charge is -2.03. The smallest absolute Gasteiger partial charge is 0.0435 e. The van der Waals surface area contributed by atoms with Gasteiger partial charge in [0.1, 0.15) is 0 Å². The van der Waals surface area contributed by atoms with Crippen LogP contribution in [0, 0.1) is 0 Å². The van der Waals surface area contributed by atoms with Crippen LogP contribution in [0.1, 0.15) is 45.7 Å². The lowest BCUT2D eigenvalue weighted by atomic mass is 10.1. The highest BCUT2D eigenvalue weighted by Crippen LogP contribution is 2.06. The van der Waals surface area contributed by atoms with Crippen molar-refractivity contribution < 1.29 is 0 Å². The second kappa shape index (κ2) is 4.94. The largest absolute Gasteiger partial charge is 0.260 e. The number of aromatic nitrogens is 1. The van der Waals surface area contributed by atoms with Gasteiger partial charge in [-0.05, 0) is 35.8 Å². The Hall–Kier alpha value is -1.11. The summed E-state index contributed by atoms with van der Waals surface area (Å²) in [6, 6.07) is 2.19. The Morgan fingerprint density at radius 1 is 1.36 bits per heavy atom. The van der Waals surface area contributed by atoms with Gasteiger partial charge in [0.25, 0.3) is 0 Å². The van der Waals surface area contributed by atoms with Gasteiger partial charge in [-0.15, -0.1) is 0 Å². The van der Waals surface area contributed by atoms with Gasteiger partial charge in [-0.2, -0.15) is 0 Å². The van der Waals surface area contributed by atoms with Gasteiger partial charge < -0.3 is 0 Å². The first-order valence-electron chi connectivity index (χ1n) is 5.31. The molecule has 0 atom stereocenters. The summed E-state index contributed by atoms with van der Waals surface area (Å²) in [5.41, 5.74) is 1.17. The molecule has 0 radical (unpaired) electrons. The number of pyridine rings is 1. The molecule has 1 nitrogen and oxygen atoms in total. The van der Waals surface area contributed by atoms with E-state index in [1.165, 1.54) is 16.1 Å². The van der Waals surface area contributed by atoms with E-state index in [4.69, 9.17) is 0 Å². The predicted octanol–water partition coefficient (Wildman–Crippen LogP) is 2.20. The summed E-state index contributed by atoms with van der Waals surface area (Å²) in [6.45, 7) is 8.57. The lowest BCUT2D eigenvalue weighted by molar-refractivity contribution is 0.819. The molecule has 0 amide bonds. The molecule has 0 aliphatic heterocycles. The fourth-order valence-electron chi connectivity index (χ4n) is 1.45. The maximum absolute atomic E-state index is 4.45. The molecule has 1 heterocycles. The van der Waals surface area contributed by atoms with Crippen molar-refractivity contribution in [3.63, 3.8) is 0 Å². The Labute approximate surface area is 86.2 Å².